The second kappa shape index (κ2) is 8.89. The van der Waals surface area contributed by atoms with Crippen LogP contribution in [0.5, 0.6) is 5.75 Å². The Morgan fingerprint density at radius 1 is 1.00 bits per heavy atom. The molecule has 0 unspecified atom stereocenters. The Hall–Kier alpha value is -1.02. The van der Waals surface area contributed by atoms with Gasteiger partial charge in [-0.3, -0.25) is 0 Å². The van der Waals surface area contributed by atoms with E-state index in [-0.39, 0.29) is 10.8 Å². The molecule has 0 amide bonds. The van der Waals surface area contributed by atoms with E-state index >= 15 is 0 Å². The highest BCUT2D eigenvalue weighted by Crippen LogP contribution is 2.30. The molecule has 1 rings (SSSR count). The third-order valence-electron chi connectivity index (χ3n) is 4.50. The Morgan fingerprint density at radius 3 is 2.21 bits per heavy atom. The molecule has 0 aliphatic rings. The molecular weight excluding hydrogens is 296 g/mol. The van der Waals surface area contributed by atoms with E-state index in [0.717, 1.165) is 18.8 Å². The SMILES string of the molecule is COc1ccc(C(C)(C)C)cc1CCCCC(C)(C)COC(C)C. The Labute approximate surface area is 149 Å². The molecule has 0 saturated heterocycles. The van der Waals surface area contributed by atoms with Crippen molar-refractivity contribution in [3.8, 4) is 5.75 Å². The lowest BCUT2D eigenvalue weighted by molar-refractivity contribution is 0.0173. The van der Waals surface area contributed by atoms with Crippen LogP contribution >= 0.6 is 0 Å². The standard InChI is InChI=1S/C22H38O2/c1-17(2)24-16-22(6,7)14-10-9-11-18-15-19(21(3,4)5)12-13-20(18)23-8/h12-13,15,17H,9-11,14,16H2,1-8H3. The molecule has 0 fully saturated rings. The summed E-state index contributed by atoms with van der Waals surface area (Å²) < 4.78 is 11.3. The molecule has 0 aliphatic heterocycles. The van der Waals surface area contributed by atoms with Gasteiger partial charge in [-0.05, 0) is 61.1 Å². The molecule has 1 aromatic carbocycles. The number of methoxy groups -OCH3 is 1. The number of hydrogen-bond donors (Lipinski definition) is 0. The first-order valence-corrected chi connectivity index (χ1v) is 9.34. The summed E-state index contributed by atoms with van der Waals surface area (Å²) in [5, 5.41) is 0. The summed E-state index contributed by atoms with van der Waals surface area (Å²) in [5.41, 5.74) is 3.14. The minimum Gasteiger partial charge on any atom is -0.496 e. The lowest BCUT2D eigenvalue weighted by Gasteiger charge is -2.26. The van der Waals surface area contributed by atoms with Crippen molar-refractivity contribution in [2.75, 3.05) is 13.7 Å². The highest BCUT2D eigenvalue weighted by molar-refractivity contribution is 5.39. The minimum absolute atomic E-state index is 0.178. The van der Waals surface area contributed by atoms with Crippen molar-refractivity contribution in [3.63, 3.8) is 0 Å². The molecule has 0 N–H and O–H groups in total. The van der Waals surface area contributed by atoms with Gasteiger partial charge in [0.15, 0.2) is 0 Å². The summed E-state index contributed by atoms with van der Waals surface area (Å²) >= 11 is 0. The summed E-state index contributed by atoms with van der Waals surface area (Å²) in [5.74, 6) is 1.02. The molecule has 1 aromatic rings. The van der Waals surface area contributed by atoms with Gasteiger partial charge in [-0.2, -0.15) is 0 Å². The lowest BCUT2D eigenvalue weighted by atomic mass is 9.85. The second-order valence-corrected chi connectivity index (χ2v) is 9.01. The first-order valence-electron chi connectivity index (χ1n) is 9.34. The molecule has 0 aliphatic carbocycles. The van der Waals surface area contributed by atoms with Gasteiger partial charge < -0.3 is 9.47 Å². The number of benzene rings is 1. The maximum Gasteiger partial charge on any atom is 0.122 e. The van der Waals surface area contributed by atoms with Gasteiger partial charge in [0.2, 0.25) is 0 Å². The normalized spacial score (nSPS) is 12.7. The summed E-state index contributed by atoms with van der Waals surface area (Å²) in [7, 11) is 1.77. The molecule has 0 spiro atoms. The number of ether oxygens (including phenoxy) is 2. The van der Waals surface area contributed by atoms with Gasteiger partial charge in [0.25, 0.3) is 0 Å². The van der Waals surface area contributed by atoms with Gasteiger partial charge in [-0.1, -0.05) is 53.2 Å². The van der Waals surface area contributed by atoms with Gasteiger partial charge in [0, 0.05) is 0 Å². The maximum atomic E-state index is 5.79. The molecule has 24 heavy (non-hydrogen) atoms. The largest absolute Gasteiger partial charge is 0.496 e. The smallest absolute Gasteiger partial charge is 0.122 e. The maximum absolute atomic E-state index is 5.79. The fourth-order valence-electron chi connectivity index (χ4n) is 2.82. The van der Waals surface area contributed by atoms with E-state index < -0.39 is 0 Å². The van der Waals surface area contributed by atoms with Crippen molar-refractivity contribution in [1.82, 2.24) is 0 Å². The zero-order valence-corrected chi connectivity index (χ0v) is 17.2. The number of hydrogen-bond acceptors (Lipinski definition) is 2. The molecule has 138 valence electrons. The van der Waals surface area contributed by atoms with Crippen LogP contribution in [0, 0.1) is 5.41 Å². The Morgan fingerprint density at radius 2 is 1.67 bits per heavy atom. The molecule has 2 heteroatoms. The molecule has 0 bridgehead atoms. The van der Waals surface area contributed by atoms with E-state index in [9.17, 15) is 0 Å². The van der Waals surface area contributed by atoms with Crippen LogP contribution < -0.4 is 4.74 Å². The van der Waals surface area contributed by atoms with E-state index in [1.54, 1.807) is 7.11 Å². The molecule has 0 atom stereocenters. The quantitative estimate of drug-likeness (QED) is 0.504. The Balaban J connectivity index is 2.58. The van der Waals surface area contributed by atoms with Crippen LogP contribution in [0.15, 0.2) is 18.2 Å². The molecule has 0 saturated carbocycles. The first-order chi connectivity index (χ1) is 11.0. The van der Waals surface area contributed by atoms with Crippen molar-refractivity contribution in [3.05, 3.63) is 29.3 Å². The first kappa shape index (κ1) is 21.0. The van der Waals surface area contributed by atoms with Crippen LogP contribution in [0.2, 0.25) is 0 Å². The third-order valence-corrected chi connectivity index (χ3v) is 4.50. The summed E-state index contributed by atoms with van der Waals surface area (Å²) in [6, 6.07) is 6.64. The zero-order chi connectivity index (χ0) is 18.4. The van der Waals surface area contributed by atoms with Gasteiger partial charge in [0.05, 0.1) is 19.8 Å². The van der Waals surface area contributed by atoms with E-state index in [4.69, 9.17) is 9.47 Å². The predicted octanol–water partition coefficient (Wildman–Crippen LogP) is 6.16. The summed E-state index contributed by atoms with van der Waals surface area (Å²) in [6.45, 7) is 16.4. The van der Waals surface area contributed by atoms with Crippen molar-refractivity contribution in [2.24, 2.45) is 5.41 Å². The minimum atomic E-state index is 0.178. The van der Waals surface area contributed by atoms with Crippen molar-refractivity contribution >= 4 is 0 Å². The highest BCUT2D eigenvalue weighted by Gasteiger charge is 2.19. The van der Waals surface area contributed by atoms with Crippen molar-refractivity contribution in [2.45, 2.75) is 85.7 Å². The molecule has 0 aromatic heterocycles. The average Bonchev–Trinajstić information content (AvgIpc) is 2.48. The van der Waals surface area contributed by atoms with Crippen LogP contribution in [-0.2, 0) is 16.6 Å². The fraction of sp³-hybridized carbons (Fsp3) is 0.727. The topological polar surface area (TPSA) is 18.5 Å². The molecule has 0 heterocycles. The number of aryl methyl sites for hydroxylation is 1. The average molecular weight is 335 g/mol. The lowest BCUT2D eigenvalue weighted by Crippen LogP contribution is -2.21. The van der Waals surface area contributed by atoms with Gasteiger partial charge in [0.1, 0.15) is 5.75 Å². The number of rotatable bonds is 9. The van der Waals surface area contributed by atoms with Gasteiger partial charge in [-0.15, -0.1) is 0 Å². The third kappa shape index (κ3) is 7.25. The molecule has 2 nitrogen and oxygen atoms in total. The summed E-state index contributed by atoms with van der Waals surface area (Å²) in [6.07, 6.45) is 5.00. The van der Waals surface area contributed by atoms with Crippen molar-refractivity contribution < 1.29 is 9.47 Å². The Kier molecular flexibility index (Phi) is 7.79. The highest BCUT2D eigenvalue weighted by atomic mass is 16.5. The molecule has 0 radical (unpaired) electrons. The van der Waals surface area contributed by atoms with E-state index in [1.165, 1.54) is 30.4 Å². The predicted molar refractivity (Wildman–Crippen MR) is 104 cm³/mol. The second-order valence-electron chi connectivity index (χ2n) is 9.01. The van der Waals surface area contributed by atoms with E-state index in [2.05, 4.69) is 66.7 Å². The van der Waals surface area contributed by atoms with Crippen LogP contribution in [0.3, 0.4) is 0 Å². The van der Waals surface area contributed by atoms with E-state index in [0.29, 0.717) is 6.10 Å². The van der Waals surface area contributed by atoms with Gasteiger partial charge in [-0.25, -0.2) is 0 Å². The van der Waals surface area contributed by atoms with Crippen LogP contribution in [0.25, 0.3) is 0 Å². The fourth-order valence-corrected chi connectivity index (χ4v) is 2.82. The monoisotopic (exact) mass is 334 g/mol. The number of unbranched alkanes of at least 4 members (excludes halogenated alkanes) is 1. The Bertz CT molecular complexity index is 495. The van der Waals surface area contributed by atoms with E-state index in [1.807, 2.05) is 0 Å². The van der Waals surface area contributed by atoms with Gasteiger partial charge >= 0.3 is 0 Å². The van der Waals surface area contributed by atoms with Crippen LogP contribution in [0.4, 0.5) is 0 Å². The van der Waals surface area contributed by atoms with Crippen LogP contribution in [-0.4, -0.2) is 19.8 Å². The molecular formula is C22H38O2. The summed E-state index contributed by atoms with van der Waals surface area (Å²) in [4.78, 5) is 0. The van der Waals surface area contributed by atoms with Crippen molar-refractivity contribution in [1.29, 1.82) is 0 Å². The zero-order valence-electron chi connectivity index (χ0n) is 17.2. The van der Waals surface area contributed by atoms with Crippen LogP contribution in [0.1, 0.15) is 78.9 Å².